The summed E-state index contributed by atoms with van der Waals surface area (Å²) in [4.78, 5) is 4.34. The second-order valence-electron chi connectivity index (χ2n) is 5.04. The molecule has 0 aliphatic heterocycles. The summed E-state index contributed by atoms with van der Waals surface area (Å²) in [6.45, 7) is 5.72. The molecule has 114 valence electrons. The van der Waals surface area contributed by atoms with Crippen molar-refractivity contribution in [2.75, 3.05) is 6.54 Å². The van der Waals surface area contributed by atoms with Crippen LogP contribution < -0.4 is 5.32 Å². The molecular formula is C16H21F2N3. The smallest absolute Gasteiger partial charge is 0.126 e. The summed E-state index contributed by atoms with van der Waals surface area (Å²) in [6, 6.07) is 3.52. The first-order valence-electron chi connectivity index (χ1n) is 7.33. The number of hydrogen-bond donors (Lipinski definition) is 1. The number of rotatable bonds is 7. The molecule has 1 unspecified atom stereocenters. The van der Waals surface area contributed by atoms with Crippen LogP contribution in [0.1, 0.15) is 37.7 Å². The zero-order valence-electron chi connectivity index (χ0n) is 12.4. The molecule has 1 atom stereocenters. The Labute approximate surface area is 124 Å². The van der Waals surface area contributed by atoms with Gasteiger partial charge in [0.1, 0.15) is 17.5 Å². The summed E-state index contributed by atoms with van der Waals surface area (Å²) < 4.78 is 28.9. The van der Waals surface area contributed by atoms with Gasteiger partial charge in [0.05, 0.1) is 0 Å². The predicted octanol–water partition coefficient (Wildman–Crippen LogP) is 3.46. The molecule has 1 aromatic heterocycles. The van der Waals surface area contributed by atoms with Gasteiger partial charge in [-0.1, -0.05) is 6.92 Å². The molecule has 0 bridgehead atoms. The van der Waals surface area contributed by atoms with Crippen molar-refractivity contribution in [2.24, 2.45) is 0 Å². The largest absolute Gasteiger partial charge is 0.335 e. The molecule has 0 saturated heterocycles. The lowest BCUT2D eigenvalue weighted by Gasteiger charge is -2.19. The lowest BCUT2D eigenvalue weighted by atomic mass is 10.0. The van der Waals surface area contributed by atoms with E-state index in [0.717, 1.165) is 31.4 Å². The average Bonchev–Trinajstić information content (AvgIpc) is 2.89. The maximum Gasteiger partial charge on any atom is 0.126 e. The first kappa shape index (κ1) is 15.6. The van der Waals surface area contributed by atoms with E-state index >= 15 is 0 Å². The molecule has 0 spiro atoms. The molecule has 1 aromatic carbocycles. The fraction of sp³-hybridized carbons (Fsp3) is 0.438. The van der Waals surface area contributed by atoms with Crippen LogP contribution in [-0.2, 0) is 13.0 Å². The summed E-state index contributed by atoms with van der Waals surface area (Å²) in [5, 5.41) is 3.34. The number of aromatic nitrogens is 2. The Morgan fingerprint density at radius 2 is 1.90 bits per heavy atom. The highest BCUT2D eigenvalue weighted by Crippen LogP contribution is 2.20. The minimum absolute atomic E-state index is 0.150. The number of nitrogens with zero attached hydrogens (tertiary/aromatic N) is 2. The molecule has 0 aliphatic rings. The second kappa shape index (κ2) is 7.31. The van der Waals surface area contributed by atoms with Crippen molar-refractivity contribution in [1.82, 2.24) is 14.9 Å². The molecule has 21 heavy (non-hydrogen) atoms. The third-order valence-corrected chi connectivity index (χ3v) is 3.46. The van der Waals surface area contributed by atoms with Crippen LogP contribution in [0.2, 0.25) is 0 Å². The molecule has 2 aromatic rings. The van der Waals surface area contributed by atoms with E-state index in [1.54, 1.807) is 6.20 Å². The van der Waals surface area contributed by atoms with E-state index < -0.39 is 11.6 Å². The molecule has 5 heteroatoms. The molecule has 0 radical (unpaired) electrons. The molecule has 3 nitrogen and oxygen atoms in total. The Balaban J connectivity index is 2.25. The topological polar surface area (TPSA) is 29.9 Å². The molecule has 1 heterocycles. The fourth-order valence-electron chi connectivity index (χ4n) is 2.40. The third kappa shape index (κ3) is 4.11. The van der Waals surface area contributed by atoms with Crippen LogP contribution in [0, 0.1) is 11.6 Å². The highest BCUT2D eigenvalue weighted by atomic mass is 19.1. The van der Waals surface area contributed by atoms with E-state index in [-0.39, 0.29) is 6.04 Å². The lowest BCUT2D eigenvalue weighted by molar-refractivity contribution is 0.496. The van der Waals surface area contributed by atoms with Gasteiger partial charge < -0.3 is 9.88 Å². The van der Waals surface area contributed by atoms with Crippen molar-refractivity contribution < 1.29 is 8.78 Å². The van der Waals surface area contributed by atoms with Crippen LogP contribution in [-0.4, -0.2) is 16.1 Å². The van der Waals surface area contributed by atoms with Gasteiger partial charge in [-0.2, -0.15) is 0 Å². The molecule has 0 amide bonds. The van der Waals surface area contributed by atoms with Gasteiger partial charge in [0, 0.05) is 37.5 Å². The van der Waals surface area contributed by atoms with Crippen LogP contribution >= 0.6 is 0 Å². The molecule has 0 saturated carbocycles. The minimum Gasteiger partial charge on any atom is -0.335 e. The van der Waals surface area contributed by atoms with Gasteiger partial charge in [0.2, 0.25) is 0 Å². The second-order valence-corrected chi connectivity index (χ2v) is 5.04. The van der Waals surface area contributed by atoms with Gasteiger partial charge in [0.25, 0.3) is 0 Å². The van der Waals surface area contributed by atoms with Gasteiger partial charge in [-0.15, -0.1) is 0 Å². The van der Waals surface area contributed by atoms with Crippen molar-refractivity contribution in [2.45, 2.75) is 39.3 Å². The highest BCUT2D eigenvalue weighted by molar-refractivity contribution is 5.22. The van der Waals surface area contributed by atoms with E-state index in [9.17, 15) is 8.78 Å². The number of benzene rings is 1. The number of imidazole rings is 1. The number of halogens is 2. The van der Waals surface area contributed by atoms with Gasteiger partial charge in [-0.3, -0.25) is 0 Å². The predicted molar refractivity (Wildman–Crippen MR) is 79.0 cm³/mol. The van der Waals surface area contributed by atoms with Gasteiger partial charge in [0.15, 0.2) is 0 Å². The SMILES string of the molecule is CCCNC(Cc1nccn1CC)c1cc(F)cc(F)c1. The van der Waals surface area contributed by atoms with Crippen LogP contribution in [0.25, 0.3) is 0 Å². The van der Waals surface area contributed by atoms with E-state index in [2.05, 4.69) is 17.2 Å². The number of nitrogens with one attached hydrogen (secondary N) is 1. The molecule has 1 N–H and O–H groups in total. The zero-order valence-corrected chi connectivity index (χ0v) is 12.4. The van der Waals surface area contributed by atoms with Crippen LogP contribution in [0.15, 0.2) is 30.6 Å². The molecule has 0 fully saturated rings. The van der Waals surface area contributed by atoms with E-state index in [4.69, 9.17) is 0 Å². The van der Waals surface area contributed by atoms with Gasteiger partial charge in [-0.25, -0.2) is 13.8 Å². The lowest BCUT2D eigenvalue weighted by Crippen LogP contribution is -2.25. The summed E-state index contributed by atoms with van der Waals surface area (Å²) in [6.07, 6.45) is 5.22. The Morgan fingerprint density at radius 3 is 2.52 bits per heavy atom. The third-order valence-electron chi connectivity index (χ3n) is 3.46. The van der Waals surface area contributed by atoms with E-state index in [0.29, 0.717) is 12.0 Å². The molecular weight excluding hydrogens is 272 g/mol. The zero-order chi connectivity index (χ0) is 15.2. The van der Waals surface area contributed by atoms with Gasteiger partial charge >= 0.3 is 0 Å². The Morgan fingerprint density at radius 1 is 1.19 bits per heavy atom. The summed E-state index contributed by atoms with van der Waals surface area (Å²) in [7, 11) is 0. The van der Waals surface area contributed by atoms with E-state index in [1.807, 2.05) is 17.7 Å². The summed E-state index contributed by atoms with van der Waals surface area (Å²) in [5.41, 5.74) is 0.617. The normalized spacial score (nSPS) is 12.6. The van der Waals surface area contributed by atoms with E-state index in [1.165, 1.54) is 12.1 Å². The maximum atomic E-state index is 13.4. The minimum atomic E-state index is -0.549. The monoisotopic (exact) mass is 293 g/mol. The number of hydrogen-bond acceptors (Lipinski definition) is 2. The maximum absolute atomic E-state index is 13.4. The Kier molecular flexibility index (Phi) is 5.44. The van der Waals surface area contributed by atoms with Crippen molar-refractivity contribution in [3.8, 4) is 0 Å². The first-order valence-corrected chi connectivity index (χ1v) is 7.33. The van der Waals surface area contributed by atoms with Crippen LogP contribution in [0.3, 0.4) is 0 Å². The fourth-order valence-corrected chi connectivity index (χ4v) is 2.40. The van der Waals surface area contributed by atoms with Crippen molar-refractivity contribution in [3.05, 3.63) is 53.6 Å². The summed E-state index contributed by atoms with van der Waals surface area (Å²) in [5.74, 6) is -0.185. The Bertz CT molecular complexity index is 560. The van der Waals surface area contributed by atoms with Crippen molar-refractivity contribution >= 4 is 0 Å². The molecule has 0 aliphatic carbocycles. The quantitative estimate of drug-likeness (QED) is 0.847. The van der Waals surface area contributed by atoms with Crippen LogP contribution in [0.5, 0.6) is 0 Å². The standard InChI is InChI=1S/C16H21F2N3/c1-3-5-19-15(11-16-20-6-7-21(16)4-2)12-8-13(17)10-14(18)9-12/h6-10,15,19H,3-5,11H2,1-2H3. The van der Waals surface area contributed by atoms with Crippen molar-refractivity contribution in [3.63, 3.8) is 0 Å². The van der Waals surface area contributed by atoms with Crippen LogP contribution in [0.4, 0.5) is 8.78 Å². The van der Waals surface area contributed by atoms with Crippen molar-refractivity contribution in [1.29, 1.82) is 0 Å². The average molecular weight is 293 g/mol. The highest BCUT2D eigenvalue weighted by Gasteiger charge is 2.16. The summed E-state index contributed by atoms with van der Waals surface area (Å²) >= 11 is 0. The molecule has 2 rings (SSSR count). The first-order chi connectivity index (χ1) is 10.1. The number of aryl methyl sites for hydroxylation is 1. The Hall–Kier alpha value is -1.75. The van der Waals surface area contributed by atoms with Gasteiger partial charge in [-0.05, 0) is 37.6 Å².